The van der Waals surface area contributed by atoms with Crippen LogP contribution in [-0.2, 0) is 4.79 Å². The lowest BCUT2D eigenvalue weighted by Crippen LogP contribution is -2.40. The zero-order valence-corrected chi connectivity index (χ0v) is 11.6. The van der Waals surface area contributed by atoms with Crippen molar-refractivity contribution < 1.29 is 9.90 Å². The van der Waals surface area contributed by atoms with Crippen LogP contribution >= 0.6 is 22.6 Å². The smallest absolute Gasteiger partial charge is 0.326 e. The number of carboxylic acid groups (broad SMARTS) is 1. The second-order valence-electron chi connectivity index (χ2n) is 3.52. The van der Waals surface area contributed by atoms with Crippen molar-refractivity contribution in [2.75, 3.05) is 11.4 Å². The highest BCUT2D eigenvalue weighted by atomic mass is 127. The molecule has 0 saturated carbocycles. The summed E-state index contributed by atoms with van der Waals surface area (Å²) in [7, 11) is 0. The number of aliphatic carboxylic acids is 1. The molecule has 0 heterocycles. The lowest BCUT2D eigenvalue weighted by Gasteiger charge is -2.29. The Morgan fingerprint density at radius 3 is 2.31 bits per heavy atom. The van der Waals surface area contributed by atoms with Crippen LogP contribution < -0.4 is 4.90 Å². The van der Waals surface area contributed by atoms with E-state index in [1.807, 2.05) is 43.0 Å². The third-order valence-corrected chi connectivity index (χ3v) is 3.27. The number of hydrogen-bond acceptors (Lipinski definition) is 2. The summed E-state index contributed by atoms with van der Waals surface area (Å²) in [5.41, 5.74) is 0.970. The van der Waals surface area contributed by atoms with Gasteiger partial charge in [0.05, 0.1) is 0 Å². The van der Waals surface area contributed by atoms with Gasteiger partial charge >= 0.3 is 5.97 Å². The lowest BCUT2D eigenvalue weighted by molar-refractivity contribution is -0.138. The van der Waals surface area contributed by atoms with E-state index in [1.165, 1.54) is 0 Å². The Labute approximate surface area is 110 Å². The summed E-state index contributed by atoms with van der Waals surface area (Å²) in [4.78, 5) is 13.0. The second-order valence-corrected chi connectivity index (χ2v) is 4.77. The van der Waals surface area contributed by atoms with Crippen molar-refractivity contribution in [1.29, 1.82) is 0 Å². The standard InChI is InChI=1S/C12H16INO2/c1-3-11(12(15)16)14(4-2)10-7-5-9(13)6-8-10/h5-8,11H,3-4H2,1-2H3,(H,15,16). The van der Waals surface area contributed by atoms with E-state index in [2.05, 4.69) is 22.6 Å². The van der Waals surface area contributed by atoms with Crippen LogP contribution in [0.3, 0.4) is 0 Å². The molecule has 0 aliphatic carbocycles. The van der Waals surface area contributed by atoms with Crippen molar-refractivity contribution in [2.24, 2.45) is 0 Å². The molecule has 0 amide bonds. The summed E-state index contributed by atoms with van der Waals surface area (Å²) in [6.45, 7) is 4.57. The summed E-state index contributed by atoms with van der Waals surface area (Å²) < 4.78 is 1.15. The van der Waals surface area contributed by atoms with Crippen molar-refractivity contribution in [3.8, 4) is 0 Å². The average molecular weight is 333 g/mol. The Morgan fingerprint density at radius 2 is 1.94 bits per heavy atom. The van der Waals surface area contributed by atoms with E-state index in [-0.39, 0.29) is 0 Å². The quantitative estimate of drug-likeness (QED) is 0.843. The molecule has 0 bridgehead atoms. The van der Waals surface area contributed by atoms with E-state index in [0.717, 1.165) is 9.26 Å². The van der Waals surface area contributed by atoms with Crippen molar-refractivity contribution in [3.05, 3.63) is 27.8 Å². The van der Waals surface area contributed by atoms with Crippen molar-refractivity contribution >= 4 is 34.2 Å². The molecule has 3 nitrogen and oxygen atoms in total. The highest BCUT2D eigenvalue weighted by molar-refractivity contribution is 14.1. The van der Waals surface area contributed by atoms with Crippen molar-refractivity contribution in [1.82, 2.24) is 0 Å². The van der Waals surface area contributed by atoms with Crippen LogP contribution in [0.15, 0.2) is 24.3 Å². The fourth-order valence-corrected chi connectivity index (χ4v) is 2.10. The first kappa shape index (κ1) is 13.3. The van der Waals surface area contributed by atoms with Gasteiger partial charge in [-0.05, 0) is 60.2 Å². The predicted molar refractivity (Wildman–Crippen MR) is 73.9 cm³/mol. The van der Waals surface area contributed by atoms with E-state index in [0.29, 0.717) is 13.0 Å². The van der Waals surface area contributed by atoms with Gasteiger partial charge in [-0.25, -0.2) is 4.79 Å². The fourth-order valence-electron chi connectivity index (χ4n) is 1.74. The van der Waals surface area contributed by atoms with E-state index in [9.17, 15) is 4.79 Å². The van der Waals surface area contributed by atoms with Crippen LogP contribution in [0.25, 0.3) is 0 Å². The molecule has 0 fully saturated rings. The number of halogens is 1. The number of likely N-dealkylation sites (N-methyl/N-ethyl adjacent to an activating group) is 1. The first-order valence-corrected chi connectivity index (χ1v) is 6.43. The van der Waals surface area contributed by atoms with Gasteiger partial charge in [-0.3, -0.25) is 0 Å². The Morgan fingerprint density at radius 1 is 1.38 bits per heavy atom. The number of carbonyl (C=O) groups is 1. The van der Waals surface area contributed by atoms with Gasteiger partial charge in [0.2, 0.25) is 0 Å². The Hall–Kier alpha value is -0.780. The largest absolute Gasteiger partial charge is 0.480 e. The maximum absolute atomic E-state index is 11.1. The number of nitrogens with zero attached hydrogens (tertiary/aromatic N) is 1. The maximum Gasteiger partial charge on any atom is 0.326 e. The summed E-state index contributed by atoms with van der Waals surface area (Å²) in [6.07, 6.45) is 0.606. The van der Waals surface area contributed by atoms with E-state index in [1.54, 1.807) is 0 Å². The monoisotopic (exact) mass is 333 g/mol. The van der Waals surface area contributed by atoms with E-state index in [4.69, 9.17) is 5.11 Å². The number of rotatable bonds is 5. The zero-order chi connectivity index (χ0) is 12.1. The van der Waals surface area contributed by atoms with Crippen LogP contribution in [0.1, 0.15) is 20.3 Å². The molecule has 0 aliphatic rings. The Bertz CT molecular complexity index is 351. The zero-order valence-electron chi connectivity index (χ0n) is 9.48. The topological polar surface area (TPSA) is 40.5 Å². The van der Waals surface area contributed by atoms with Gasteiger partial charge in [0.15, 0.2) is 0 Å². The van der Waals surface area contributed by atoms with Gasteiger partial charge in [0.1, 0.15) is 6.04 Å². The highest BCUT2D eigenvalue weighted by Gasteiger charge is 2.22. The highest BCUT2D eigenvalue weighted by Crippen LogP contribution is 2.20. The van der Waals surface area contributed by atoms with E-state index >= 15 is 0 Å². The minimum absolute atomic E-state index is 0.440. The number of anilines is 1. The third kappa shape index (κ3) is 3.10. The fraction of sp³-hybridized carbons (Fsp3) is 0.417. The van der Waals surface area contributed by atoms with Crippen LogP contribution in [0, 0.1) is 3.57 Å². The SMILES string of the molecule is CCC(C(=O)O)N(CC)c1ccc(I)cc1. The van der Waals surface area contributed by atoms with Crippen LogP contribution in [0.5, 0.6) is 0 Å². The predicted octanol–water partition coefficient (Wildman–Crippen LogP) is 2.98. The number of hydrogen-bond donors (Lipinski definition) is 1. The average Bonchev–Trinajstić information content (AvgIpc) is 2.26. The molecular weight excluding hydrogens is 317 g/mol. The summed E-state index contributed by atoms with van der Waals surface area (Å²) in [5.74, 6) is -0.761. The molecule has 1 N–H and O–H groups in total. The molecule has 0 saturated heterocycles. The van der Waals surface area contributed by atoms with Gasteiger partial charge in [0, 0.05) is 15.8 Å². The minimum Gasteiger partial charge on any atom is -0.480 e. The molecular formula is C12H16INO2. The molecule has 0 aromatic heterocycles. The second kappa shape index (κ2) is 6.08. The molecule has 1 atom stereocenters. The molecule has 0 radical (unpaired) electrons. The molecule has 1 aromatic carbocycles. The molecule has 1 unspecified atom stereocenters. The van der Waals surface area contributed by atoms with Gasteiger partial charge in [-0.15, -0.1) is 0 Å². The number of carboxylic acids is 1. The molecule has 4 heteroatoms. The van der Waals surface area contributed by atoms with Gasteiger partial charge in [0.25, 0.3) is 0 Å². The maximum atomic E-state index is 11.1. The van der Waals surface area contributed by atoms with E-state index < -0.39 is 12.0 Å². The molecule has 1 rings (SSSR count). The Kier molecular flexibility index (Phi) is 5.05. The molecule has 88 valence electrons. The first-order valence-electron chi connectivity index (χ1n) is 5.35. The Balaban J connectivity index is 2.96. The van der Waals surface area contributed by atoms with Gasteiger partial charge in [-0.2, -0.15) is 0 Å². The van der Waals surface area contributed by atoms with Gasteiger partial charge < -0.3 is 10.0 Å². The molecule has 0 aliphatic heterocycles. The van der Waals surface area contributed by atoms with Crippen molar-refractivity contribution in [2.45, 2.75) is 26.3 Å². The minimum atomic E-state index is -0.761. The van der Waals surface area contributed by atoms with Crippen LogP contribution in [0.4, 0.5) is 5.69 Å². The number of benzene rings is 1. The van der Waals surface area contributed by atoms with Crippen molar-refractivity contribution in [3.63, 3.8) is 0 Å². The summed E-state index contributed by atoms with van der Waals surface area (Å²) in [6, 6.07) is 7.48. The van der Waals surface area contributed by atoms with Crippen LogP contribution in [0.2, 0.25) is 0 Å². The summed E-state index contributed by atoms with van der Waals surface area (Å²) in [5, 5.41) is 9.15. The lowest BCUT2D eigenvalue weighted by atomic mass is 10.1. The third-order valence-electron chi connectivity index (χ3n) is 2.55. The van der Waals surface area contributed by atoms with Crippen LogP contribution in [-0.4, -0.2) is 23.7 Å². The van der Waals surface area contributed by atoms with Gasteiger partial charge in [-0.1, -0.05) is 6.92 Å². The first-order chi connectivity index (χ1) is 7.60. The summed E-state index contributed by atoms with van der Waals surface area (Å²) >= 11 is 2.24. The molecule has 0 spiro atoms. The normalized spacial score (nSPS) is 12.2. The molecule has 16 heavy (non-hydrogen) atoms. The molecule has 1 aromatic rings.